The lowest BCUT2D eigenvalue weighted by Crippen LogP contribution is -2.21. The molecule has 0 unspecified atom stereocenters. The molecule has 2 nitrogen and oxygen atoms in total. The van der Waals surface area contributed by atoms with Gasteiger partial charge in [0, 0.05) is 44.4 Å². The molecule has 0 saturated carbocycles. The Hall–Kier alpha value is -7.16. The van der Waals surface area contributed by atoms with E-state index < -0.39 is 0 Å². The van der Waals surface area contributed by atoms with E-state index in [-0.39, 0.29) is 5.41 Å². The van der Waals surface area contributed by atoms with Crippen LogP contribution in [0.2, 0.25) is 0 Å². The molecule has 0 N–H and O–H groups in total. The van der Waals surface area contributed by atoms with Gasteiger partial charge in [0.05, 0.1) is 0 Å². The molecule has 0 atom stereocenters. The third kappa shape index (κ3) is 5.19. The molecule has 0 fully saturated rings. The van der Waals surface area contributed by atoms with Crippen LogP contribution in [0.15, 0.2) is 198 Å². The summed E-state index contributed by atoms with van der Waals surface area (Å²) in [6.45, 7) is 4.74. The summed E-state index contributed by atoms with van der Waals surface area (Å²) in [6, 6.07) is 64.9. The number of hydrogen-bond donors (Lipinski definition) is 0. The van der Waals surface area contributed by atoms with Gasteiger partial charge in [-0.15, -0.1) is 0 Å². The van der Waals surface area contributed by atoms with Gasteiger partial charge in [-0.1, -0.05) is 166 Å². The van der Waals surface area contributed by atoms with Gasteiger partial charge in [0.1, 0.15) is 11.2 Å². The van der Waals surface area contributed by atoms with E-state index in [9.17, 15) is 0 Å². The Morgan fingerprint density at radius 1 is 0.475 bits per heavy atom. The SMILES string of the molecule is CC1(C)c2ccccc2-c2ccc(N(C3=C(c4cccc5c4oc4cc6ccccc6cc45)C=CCC3)c3ccc(-c4cccc5c4ccc4ccccc45)cc3)cc21. The zero-order chi connectivity index (χ0) is 39.2. The van der Waals surface area contributed by atoms with Crippen LogP contribution in [0.5, 0.6) is 0 Å². The van der Waals surface area contributed by atoms with Crippen LogP contribution in [0.25, 0.3) is 82.1 Å². The number of benzene rings is 9. The molecular formula is C57H41NO. The molecule has 2 aliphatic rings. The lowest BCUT2D eigenvalue weighted by Gasteiger charge is -2.33. The first-order chi connectivity index (χ1) is 29.0. The molecule has 0 saturated heterocycles. The number of furan rings is 1. The molecule has 1 heterocycles. The van der Waals surface area contributed by atoms with E-state index in [2.05, 4.69) is 207 Å². The third-order valence-corrected chi connectivity index (χ3v) is 13.1. The molecule has 1 aromatic heterocycles. The van der Waals surface area contributed by atoms with E-state index in [1.54, 1.807) is 0 Å². The maximum Gasteiger partial charge on any atom is 0.143 e. The third-order valence-electron chi connectivity index (χ3n) is 13.1. The van der Waals surface area contributed by atoms with Crippen LogP contribution >= 0.6 is 0 Å². The highest BCUT2D eigenvalue weighted by Crippen LogP contribution is 2.51. The molecule has 0 aliphatic heterocycles. The minimum Gasteiger partial charge on any atom is -0.455 e. The number of para-hydroxylation sites is 1. The molecule has 2 aliphatic carbocycles. The number of hydrogen-bond acceptors (Lipinski definition) is 2. The lowest BCUT2D eigenvalue weighted by molar-refractivity contribution is 0.660. The summed E-state index contributed by atoms with van der Waals surface area (Å²) in [6.07, 6.45) is 6.50. The second-order valence-corrected chi connectivity index (χ2v) is 16.8. The van der Waals surface area contributed by atoms with Gasteiger partial charge in [-0.2, -0.15) is 0 Å². The van der Waals surface area contributed by atoms with Crippen LogP contribution in [0.4, 0.5) is 11.4 Å². The highest BCUT2D eigenvalue weighted by molar-refractivity contribution is 6.14. The molecule has 59 heavy (non-hydrogen) atoms. The van der Waals surface area contributed by atoms with Crippen molar-refractivity contribution in [3.8, 4) is 22.3 Å². The predicted octanol–water partition coefficient (Wildman–Crippen LogP) is 15.9. The number of nitrogens with zero attached hydrogens (tertiary/aromatic N) is 1. The minimum atomic E-state index is -0.122. The first-order valence-corrected chi connectivity index (χ1v) is 20.8. The van der Waals surface area contributed by atoms with Crippen molar-refractivity contribution in [2.45, 2.75) is 32.1 Å². The van der Waals surface area contributed by atoms with Gasteiger partial charge in [0.25, 0.3) is 0 Å². The summed E-state index contributed by atoms with van der Waals surface area (Å²) >= 11 is 0. The van der Waals surface area contributed by atoms with Crippen molar-refractivity contribution in [2.24, 2.45) is 0 Å². The Kier molecular flexibility index (Phi) is 7.43. The fourth-order valence-electron chi connectivity index (χ4n) is 10.2. The van der Waals surface area contributed by atoms with Gasteiger partial charge in [-0.3, -0.25) is 0 Å². The van der Waals surface area contributed by atoms with Gasteiger partial charge >= 0.3 is 0 Å². The second-order valence-electron chi connectivity index (χ2n) is 16.8. The summed E-state index contributed by atoms with van der Waals surface area (Å²) in [7, 11) is 0. The fraction of sp³-hybridized carbons (Fsp3) is 0.0877. The average Bonchev–Trinajstić information content (AvgIpc) is 3.76. The van der Waals surface area contributed by atoms with Crippen molar-refractivity contribution in [2.75, 3.05) is 4.90 Å². The van der Waals surface area contributed by atoms with Gasteiger partial charge in [-0.05, 0) is 115 Å². The number of allylic oxidation sites excluding steroid dienone is 4. The summed E-state index contributed by atoms with van der Waals surface area (Å²) in [5.74, 6) is 0. The molecule has 2 heteroatoms. The van der Waals surface area contributed by atoms with Crippen LogP contribution in [-0.2, 0) is 5.41 Å². The molecule has 280 valence electrons. The van der Waals surface area contributed by atoms with Crippen molar-refractivity contribution in [3.63, 3.8) is 0 Å². The number of fused-ring (bicyclic) bond motifs is 10. The van der Waals surface area contributed by atoms with Crippen molar-refractivity contribution in [3.05, 3.63) is 210 Å². The molecular weight excluding hydrogens is 715 g/mol. The predicted molar refractivity (Wildman–Crippen MR) is 250 cm³/mol. The van der Waals surface area contributed by atoms with Crippen molar-refractivity contribution >= 4 is 71.2 Å². The summed E-state index contributed by atoms with van der Waals surface area (Å²) in [5, 5.41) is 9.80. The van der Waals surface area contributed by atoms with Crippen LogP contribution < -0.4 is 4.90 Å². The quantitative estimate of drug-likeness (QED) is 0.163. The van der Waals surface area contributed by atoms with Crippen LogP contribution in [0.3, 0.4) is 0 Å². The maximum atomic E-state index is 6.85. The Morgan fingerprint density at radius 3 is 2.02 bits per heavy atom. The lowest BCUT2D eigenvalue weighted by atomic mass is 9.82. The topological polar surface area (TPSA) is 16.4 Å². The number of anilines is 2. The van der Waals surface area contributed by atoms with E-state index in [4.69, 9.17) is 4.42 Å². The van der Waals surface area contributed by atoms with Gasteiger partial charge < -0.3 is 9.32 Å². The highest BCUT2D eigenvalue weighted by Gasteiger charge is 2.36. The van der Waals surface area contributed by atoms with Crippen LogP contribution in [0, 0.1) is 0 Å². The average molecular weight is 756 g/mol. The maximum absolute atomic E-state index is 6.85. The zero-order valence-electron chi connectivity index (χ0n) is 33.2. The molecule has 0 amide bonds. The van der Waals surface area contributed by atoms with Crippen LogP contribution in [-0.4, -0.2) is 0 Å². The van der Waals surface area contributed by atoms with Gasteiger partial charge in [0.15, 0.2) is 0 Å². The van der Waals surface area contributed by atoms with Crippen molar-refractivity contribution < 1.29 is 4.42 Å². The largest absolute Gasteiger partial charge is 0.455 e. The van der Waals surface area contributed by atoms with E-state index >= 15 is 0 Å². The Labute approximate surface area is 344 Å². The standard InChI is InChI=1S/C57H41NO/c1-57(2)52-23-9-7-17-46(52)47-32-30-41(35-53(47)57)58(40-28-25-37(26-29-40)43-19-11-20-44-42-16-6-5-13-36(42)27-31-45(43)44)54-24-10-8-18-48(54)49-21-12-22-50-51-33-38-14-3-4-15-39(38)34-55(51)59-56(49)50/h3-9,11-23,25-35H,10,24H2,1-2H3. The Bertz CT molecular complexity index is 3410. The molecule has 10 aromatic rings. The Morgan fingerprint density at radius 2 is 1.15 bits per heavy atom. The minimum absolute atomic E-state index is 0.122. The summed E-state index contributed by atoms with van der Waals surface area (Å²) < 4.78 is 6.85. The first-order valence-electron chi connectivity index (χ1n) is 20.8. The molecule has 0 spiro atoms. The second kappa shape index (κ2) is 12.9. The normalized spacial score (nSPS) is 14.5. The highest BCUT2D eigenvalue weighted by atomic mass is 16.3. The van der Waals surface area contributed by atoms with E-state index in [0.717, 1.165) is 46.0 Å². The van der Waals surface area contributed by atoms with Crippen molar-refractivity contribution in [1.82, 2.24) is 0 Å². The monoisotopic (exact) mass is 755 g/mol. The molecule has 12 rings (SSSR count). The molecule has 0 bridgehead atoms. The van der Waals surface area contributed by atoms with Gasteiger partial charge in [-0.25, -0.2) is 0 Å². The summed E-state index contributed by atoms with van der Waals surface area (Å²) in [4.78, 5) is 2.52. The smallest absolute Gasteiger partial charge is 0.143 e. The fourth-order valence-corrected chi connectivity index (χ4v) is 10.2. The first kappa shape index (κ1) is 33.9. The van der Waals surface area contributed by atoms with E-state index in [0.29, 0.717) is 0 Å². The Balaban J connectivity index is 1.06. The molecule has 0 radical (unpaired) electrons. The summed E-state index contributed by atoms with van der Waals surface area (Å²) in [5.41, 5.74) is 15.5. The number of rotatable bonds is 5. The van der Waals surface area contributed by atoms with E-state index in [1.807, 2.05) is 0 Å². The van der Waals surface area contributed by atoms with Gasteiger partial charge in [0.2, 0.25) is 0 Å². The molecule has 9 aromatic carbocycles. The van der Waals surface area contributed by atoms with E-state index in [1.165, 1.54) is 82.7 Å². The zero-order valence-corrected chi connectivity index (χ0v) is 33.2. The van der Waals surface area contributed by atoms with Crippen LogP contribution in [0.1, 0.15) is 43.4 Å². The van der Waals surface area contributed by atoms with Crippen molar-refractivity contribution in [1.29, 1.82) is 0 Å².